The van der Waals surface area contributed by atoms with E-state index in [-0.39, 0.29) is 12.5 Å². The van der Waals surface area contributed by atoms with Crippen molar-refractivity contribution in [2.24, 2.45) is 5.10 Å². The second kappa shape index (κ2) is 9.05. The van der Waals surface area contributed by atoms with Crippen molar-refractivity contribution in [2.75, 3.05) is 17.3 Å². The topological polar surface area (TPSA) is 75.6 Å². The molecule has 1 heterocycles. The van der Waals surface area contributed by atoms with Crippen LogP contribution in [0.3, 0.4) is 0 Å². The number of hydrazone groups is 1. The minimum absolute atomic E-state index is 0.0394. The lowest BCUT2D eigenvalue weighted by Gasteiger charge is -2.13. The number of para-hydroxylation sites is 1. The predicted octanol–water partition coefficient (Wildman–Crippen LogP) is 5.44. The zero-order valence-corrected chi connectivity index (χ0v) is 18.2. The maximum absolute atomic E-state index is 12.5. The minimum Gasteiger partial charge on any atom is -0.483 e. The van der Waals surface area contributed by atoms with E-state index in [0.717, 1.165) is 49.9 Å². The molecule has 152 valence electrons. The molecule has 0 aliphatic heterocycles. The number of rotatable bonds is 7. The van der Waals surface area contributed by atoms with Crippen LogP contribution in [0.5, 0.6) is 5.75 Å². The third kappa shape index (κ3) is 4.92. The SMILES string of the molecule is CC/C(C)=N\Nc1nc2cc(C)c(NC(=O)COc3ccccc3C)c(C)c2s1. The molecule has 7 heteroatoms. The molecule has 2 N–H and O–H groups in total. The van der Waals surface area contributed by atoms with Gasteiger partial charge < -0.3 is 10.1 Å². The summed E-state index contributed by atoms with van der Waals surface area (Å²) >= 11 is 1.53. The van der Waals surface area contributed by atoms with E-state index in [1.165, 1.54) is 11.3 Å². The van der Waals surface area contributed by atoms with Crippen LogP contribution in [0.15, 0.2) is 35.4 Å². The van der Waals surface area contributed by atoms with Crippen LogP contribution in [-0.2, 0) is 4.79 Å². The van der Waals surface area contributed by atoms with E-state index < -0.39 is 0 Å². The van der Waals surface area contributed by atoms with Crippen molar-refractivity contribution in [1.82, 2.24) is 4.98 Å². The molecule has 29 heavy (non-hydrogen) atoms. The van der Waals surface area contributed by atoms with Gasteiger partial charge in [0.15, 0.2) is 6.61 Å². The molecule has 1 amide bonds. The first-order chi connectivity index (χ1) is 13.9. The average molecular weight is 411 g/mol. The van der Waals surface area contributed by atoms with Crippen LogP contribution < -0.4 is 15.5 Å². The number of carbonyl (C=O) groups is 1. The van der Waals surface area contributed by atoms with Crippen LogP contribution in [0.1, 0.15) is 37.0 Å². The summed E-state index contributed by atoms with van der Waals surface area (Å²) in [6.07, 6.45) is 0.886. The van der Waals surface area contributed by atoms with Gasteiger partial charge in [-0.15, -0.1) is 0 Å². The van der Waals surface area contributed by atoms with Gasteiger partial charge in [-0.3, -0.25) is 10.2 Å². The molecule has 0 aliphatic rings. The molecular weight excluding hydrogens is 384 g/mol. The van der Waals surface area contributed by atoms with Gasteiger partial charge in [0.25, 0.3) is 5.91 Å². The zero-order valence-electron chi connectivity index (χ0n) is 17.4. The largest absolute Gasteiger partial charge is 0.483 e. The smallest absolute Gasteiger partial charge is 0.262 e. The van der Waals surface area contributed by atoms with Crippen LogP contribution >= 0.6 is 11.3 Å². The van der Waals surface area contributed by atoms with E-state index in [0.29, 0.717) is 5.75 Å². The number of aromatic nitrogens is 1. The highest BCUT2D eigenvalue weighted by molar-refractivity contribution is 7.22. The number of carbonyl (C=O) groups excluding carboxylic acids is 1. The summed E-state index contributed by atoms with van der Waals surface area (Å²) in [7, 11) is 0. The third-order valence-corrected chi connectivity index (χ3v) is 5.78. The van der Waals surface area contributed by atoms with Gasteiger partial charge in [0.2, 0.25) is 5.13 Å². The second-order valence-electron chi connectivity index (χ2n) is 6.98. The summed E-state index contributed by atoms with van der Waals surface area (Å²) in [4.78, 5) is 17.1. The number of benzene rings is 2. The van der Waals surface area contributed by atoms with Crippen LogP contribution in [0.2, 0.25) is 0 Å². The zero-order chi connectivity index (χ0) is 21.0. The first-order valence-corrected chi connectivity index (χ1v) is 10.4. The van der Waals surface area contributed by atoms with Crippen molar-refractivity contribution in [3.8, 4) is 5.75 Å². The number of hydrogen-bond acceptors (Lipinski definition) is 6. The first kappa shape index (κ1) is 20.8. The van der Waals surface area contributed by atoms with E-state index >= 15 is 0 Å². The molecular formula is C22H26N4O2S. The predicted molar refractivity (Wildman–Crippen MR) is 121 cm³/mol. The number of anilines is 2. The lowest BCUT2D eigenvalue weighted by Crippen LogP contribution is -2.21. The molecule has 3 rings (SSSR count). The van der Waals surface area contributed by atoms with E-state index in [9.17, 15) is 4.79 Å². The number of aryl methyl sites for hydroxylation is 3. The van der Waals surface area contributed by atoms with E-state index in [4.69, 9.17) is 4.74 Å². The lowest BCUT2D eigenvalue weighted by atomic mass is 10.1. The maximum atomic E-state index is 12.5. The molecule has 0 spiro atoms. The number of fused-ring (bicyclic) bond motifs is 1. The van der Waals surface area contributed by atoms with Gasteiger partial charge in [0.1, 0.15) is 5.75 Å². The molecule has 3 aromatic rings. The van der Waals surface area contributed by atoms with Gasteiger partial charge in [0.05, 0.1) is 10.2 Å². The van der Waals surface area contributed by atoms with Gasteiger partial charge in [-0.05, 0) is 62.9 Å². The number of ether oxygens (including phenoxy) is 1. The second-order valence-corrected chi connectivity index (χ2v) is 7.97. The van der Waals surface area contributed by atoms with Gasteiger partial charge in [0, 0.05) is 11.4 Å². The summed E-state index contributed by atoms with van der Waals surface area (Å²) in [5.74, 6) is 0.525. The summed E-state index contributed by atoms with van der Waals surface area (Å²) in [6, 6.07) is 9.64. The summed E-state index contributed by atoms with van der Waals surface area (Å²) in [6.45, 7) is 9.91. The molecule has 0 saturated carbocycles. The summed E-state index contributed by atoms with van der Waals surface area (Å²) in [5, 5.41) is 8.05. The Morgan fingerprint density at radius 3 is 2.69 bits per heavy atom. The van der Waals surface area contributed by atoms with Crippen LogP contribution in [0.25, 0.3) is 10.2 Å². The van der Waals surface area contributed by atoms with Crippen molar-refractivity contribution in [3.63, 3.8) is 0 Å². The van der Waals surface area contributed by atoms with Crippen LogP contribution in [-0.4, -0.2) is 23.2 Å². The first-order valence-electron chi connectivity index (χ1n) is 9.57. The van der Waals surface area contributed by atoms with Crippen molar-refractivity contribution in [2.45, 2.75) is 41.0 Å². The highest BCUT2D eigenvalue weighted by Gasteiger charge is 2.15. The Balaban J connectivity index is 1.76. The molecule has 0 radical (unpaired) electrons. The fourth-order valence-corrected chi connectivity index (χ4v) is 3.78. The van der Waals surface area contributed by atoms with Crippen molar-refractivity contribution < 1.29 is 9.53 Å². The number of hydrogen-bond donors (Lipinski definition) is 2. The third-order valence-electron chi connectivity index (χ3n) is 4.69. The van der Waals surface area contributed by atoms with Crippen molar-refractivity contribution in [1.29, 1.82) is 0 Å². The molecule has 0 unspecified atom stereocenters. The highest BCUT2D eigenvalue weighted by atomic mass is 32.1. The Labute approximate surface area is 175 Å². The van der Waals surface area contributed by atoms with Gasteiger partial charge >= 0.3 is 0 Å². The minimum atomic E-state index is -0.190. The lowest BCUT2D eigenvalue weighted by molar-refractivity contribution is -0.118. The number of thiazole rings is 1. The number of nitrogens with zero attached hydrogens (tertiary/aromatic N) is 2. The quantitative estimate of drug-likeness (QED) is 0.402. The normalized spacial score (nSPS) is 11.6. The Morgan fingerprint density at radius 2 is 1.97 bits per heavy atom. The summed E-state index contributed by atoms with van der Waals surface area (Å²) < 4.78 is 6.69. The molecule has 0 saturated heterocycles. The molecule has 0 aliphatic carbocycles. The molecule has 0 fully saturated rings. The number of nitrogens with one attached hydrogen (secondary N) is 2. The van der Waals surface area contributed by atoms with E-state index in [1.54, 1.807) is 0 Å². The van der Waals surface area contributed by atoms with E-state index in [1.807, 2.05) is 58.0 Å². The Bertz CT molecular complexity index is 1070. The van der Waals surface area contributed by atoms with Gasteiger partial charge in [-0.25, -0.2) is 4.98 Å². The van der Waals surface area contributed by atoms with E-state index in [2.05, 4.69) is 27.8 Å². The molecule has 2 aromatic carbocycles. The monoisotopic (exact) mass is 410 g/mol. The molecule has 0 atom stereocenters. The van der Waals surface area contributed by atoms with Gasteiger partial charge in [-0.1, -0.05) is 36.5 Å². The Morgan fingerprint density at radius 1 is 1.21 bits per heavy atom. The summed E-state index contributed by atoms with van der Waals surface area (Å²) in [5.41, 5.74) is 8.69. The molecule has 6 nitrogen and oxygen atoms in total. The highest BCUT2D eigenvalue weighted by Crippen LogP contribution is 2.35. The maximum Gasteiger partial charge on any atom is 0.262 e. The number of amides is 1. The van der Waals surface area contributed by atoms with Crippen LogP contribution in [0, 0.1) is 20.8 Å². The van der Waals surface area contributed by atoms with Crippen LogP contribution in [0.4, 0.5) is 10.8 Å². The fraction of sp³-hybridized carbons (Fsp3) is 0.318. The molecule has 0 bridgehead atoms. The average Bonchev–Trinajstić information content (AvgIpc) is 3.11. The Kier molecular flexibility index (Phi) is 6.49. The van der Waals surface area contributed by atoms with Crippen molar-refractivity contribution in [3.05, 3.63) is 47.0 Å². The van der Waals surface area contributed by atoms with Crippen molar-refractivity contribution >= 4 is 44.0 Å². The molecule has 1 aromatic heterocycles. The van der Waals surface area contributed by atoms with Gasteiger partial charge in [-0.2, -0.15) is 5.10 Å². The standard InChI is InChI=1S/C22H26N4O2S/c1-6-15(4)25-26-22-23-17-11-14(3)20(16(5)21(17)29-22)24-19(27)12-28-18-10-8-7-9-13(18)2/h7-11H,6,12H2,1-5H3,(H,23,26)(H,24,27)/b25-15-. The Hall–Kier alpha value is -2.93. The fourth-order valence-electron chi connectivity index (χ4n) is 2.88.